The number of hydrogen-bond donors (Lipinski definition) is 1. The van der Waals surface area contributed by atoms with Gasteiger partial charge in [-0.1, -0.05) is 24.3 Å². The smallest absolute Gasteiger partial charge is 0.289 e. The van der Waals surface area contributed by atoms with Crippen LogP contribution in [0.4, 0.5) is 0 Å². The minimum atomic E-state index is 0.0255. The molecule has 0 atom stereocenters. The molecule has 0 unspecified atom stereocenters. The summed E-state index contributed by atoms with van der Waals surface area (Å²) in [5.74, 6) is 1.28. The predicted octanol–water partition coefficient (Wildman–Crippen LogP) is 4.61. The third kappa shape index (κ3) is 3.54. The molecule has 3 heterocycles. The summed E-state index contributed by atoms with van der Waals surface area (Å²) in [6.07, 6.45) is 1.98. The van der Waals surface area contributed by atoms with E-state index >= 15 is 0 Å². The fraction of sp³-hybridized carbons (Fsp3) is 0.350. The van der Waals surface area contributed by atoms with Crippen LogP contribution in [0.5, 0.6) is 0 Å². The number of carbonyl (C=O) groups is 1. The Kier molecular flexibility index (Phi) is 5.33. The minimum absolute atomic E-state index is 0.0255. The number of piperidine rings is 1. The number of hydrogen-bond acceptors (Lipinski definition) is 5. The SMILES string of the molecule is CNC1CCN(C(=O)c2oc3ccccc3c2CSc2cccs2)CC1. The first-order valence-electron chi connectivity index (χ1n) is 8.89. The molecule has 1 aliphatic rings. The van der Waals surface area contributed by atoms with Crippen LogP contribution in [0.25, 0.3) is 11.0 Å². The van der Waals surface area contributed by atoms with Crippen LogP contribution in [0.1, 0.15) is 29.0 Å². The van der Waals surface area contributed by atoms with Gasteiger partial charge in [0.25, 0.3) is 5.91 Å². The van der Waals surface area contributed by atoms with Gasteiger partial charge in [0.1, 0.15) is 5.58 Å². The van der Waals surface area contributed by atoms with Gasteiger partial charge in [-0.15, -0.1) is 23.1 Å². The maximum absolute atomic E-state index is 13.2. The normalized spacial score (nSPS) is 15.7. The van der Waals surface area contributed by atoms with Crippen molar-refractivity contribution in [1.29, 1.82) is 0 Å². The van der Waals surface area contributed by atoms with Gasteiger partial charge in [-0.3, -0.25) is 4.79 Å². The lowest BCUT2D eigenvalue weighted by molar-refractivity contribution is 0.0676. The van der Waals surface area contributed by atoms with Crippen LogP contribution < -0.4 is 5.32 Å². The largest absolute Gasteiger partial charge is 0.451 e. The van der Waals surface area contributed by atoms with E-state index in [1.807, 2.05) is 36.2 Å². The summed E-state index contributed by atoms with van der Waals surface area (Å²) in [6, 6.07) is 12.6. The van der Waals surface area contributed by atoms with Gasteiger partial charge in [-0.2, -0.15) is 0 Å². The molecule has 2 aromatic heterocycles. The lowest BCUT2D eigenvalue weighted by Gasteiger charge is -2.31. The molecule has 0 spiro atoms. The van der Waals surface area contributed by atoms with Crippen molar-refractivity contribution in [3.05, 3.63) is 53.1 Å². The van der Waals surface area contributed by atoms with Crippen molar-refractivity contribution in [1.82, 2.24) is 10.2 Å². The Balaban J connectivity index is 1.61. The second kappa shape index (κ2) is 7.86. The number of thioether (sulfide) groups is 1. The molecule has 4 rings (SSSR count). The lowest BCUT2D eigenvalue weighted by Crippen LogP contribution is -2.44. The molecule has 0 aliphatic carbocycles. The van der Waals surface area contributed by atoms with Crippen molar-refractivity contribution in [2.24, 2.45) is 0 Å². The highest BCUT2D eigenvalue weighted by molar-refractivity contribution is 8.00. The minimum Gasteiger partial charge on any atom is -0.451 e. The molecule has 136 valence electrons. The number of para-hydroxylation sites is 1. The van der Waals surface area contributed by atoms with E-state index in [0.717, 1.165) is 48.2 Å². The van der Waals surface area contributed by atoms with Gasteiger partial charge in [0.05, 0.1) is 4.21 Å². The number of likely N-dealkylation sites (tertiary alicyclic amines) is 1. The van der Waals surface area contributed by atoms with Crippen molar-refractivity contribution in [2.45, 2.75) is 28.8 Å². The molecule has 4 nitrogen and oxygen atoms in total. The molecule has 1 fully saturated rings. The monoisotopic (exact) mass is 386 g/mol. The number of amides is 1. The van der Waals surface area contributed by atoms with Gasteiger partial charge in [0, 0.05) is 35.8 Å². The molecule has 26 heavy (non-hydrogen) atoms. The summed E-state index contributed by atoms with van der Waals surface area (Å²) in [6.45, 7) is 1.55. The average molecular weight is 387 g/mol. The molecular weight excluding hydrogens is 364 g/mol. The standard InChI is InChI=1S/C20H22N2O2S2/c1-21-14-8-10-22(11-9-14)20(23)19-16(13-26-18-7-4-12-25-18)15-5-2-3-6-17(15)24-19/h2-7,12,14,21H,8-11,13H2,1H3. The fourth-order valence-corrected chi connectivity index (χ4v) is 5.23. The van der Waals surface area contributed by atoms with E-state index in [-0.39, 0.29) is 5.91 Å². The number of carbonyl (C=O) groups excluding carboxylic acids is 1. The third-order valence-electron chi connectivity index (χ3n) is 4.94. The molecule has 1 saturated heterocycles. The zero-order valence-electron chi connectivity index (χ0n) is 14.7. The first kappa shape index (κ1) is 17.6. The van der Waals surface area contributed by atoms with E-state index in [4.69, 9.17) is 4.42 Å². The Morgan fingerprint density at radius 3 is 2.81 bits per heavy atom. The van der Waals surface area contributed by atoms with Crippen molar-refractivity contribution in [3.63, 3.8) is 0 Å². The quantitative estimate of drug-likeness (QED) is 0.651. The highest BCUT2D eigenvalue weighted by Crippen LogP contribution is 2.34. The maximum Gasteiger partial charge on any atom is 0.289 e. The highest BCUT2D eigenvalue weighted by atomic mass is 32.2. The number of nitrogens with zero attached hydrogens (tertiary/aromatic N) is 1. The van der Waals surface area contributed by atoms with Crippen LogP contribution in [0.15, 0.2) is 50.4 Å². The van der Waals surface area contributed by atoms with Crippen molar-refractivity contribution >= 4 is 40.0 Å². The van der Waals surface area contributed by atoms with Gasteiger partial charge in [0.15, 0.2) is 5.76 Å². The zero-order chi connectivity index (χ0) is 17.9. The molecule has 0 bridgehead atoms. The first-order chi connectivity index (χ1) is 12.8. The van der Waals surface area contributed by atoms with Gasteiger partial charge in [-0.25, -0.2) is 0 Å². The van der Waals surface area contributed by atoms with Crippen molar-refractivity contribution in [3.8, 4) is 0 Å². The molecule has 0 saturated carbocycles. The van der Waals surface area contributed by atoms with Crippen LogP contribution in [-0.4, -0.2) is 37.0 Å². The molecular formula is C20H22N2O2S2. The van der Waals surface area contributed by atoms with Gasteiger partial charge < -0.3 is 14.6 Å². The Labute approximate surface area is 161 Å². The molecule has 3 aromatic rings. The fourth-order valence-electron chi connectivity index (χ4n) is 3.42. The summed E-state index contributed by atoms with van der Waals surface area (Å²) in [7, 11) is 1.99. The van der Waals surface area contributed by atoms with E-state index in [2.05, 4.69) is 22.8 Å². The first-order valence-corrected chi connectivity index (χ1v) is 10.8. The van der Waals surface area contributed by atoms with E-state index < -0.39 is 0 Å². The van der Waals surface area contributed by atoms with Crippen LogP contribution in [0.2, 0.25) is 0 Å². The predicted molar refractivity (Wildman–Crippen MR) is 108 cm³/mol. The molecule has 1 amide bonds. The van der Waals surface area contributed by atoms with E-state index in [1.165, 1.54) is 4.21 Å². The number of benzene rings is 1. The number of thiophene rings is 1. The third-order valence-corrected chi connectivity index (χ3v) is 7.09. The van der Waals surface area contributed by atoms with Crippen molar-refractivity contribution in [2.75, 3.05) is 20.1 Å². The summed E-state index contributed by atoms with van der Waals surface area (Å²) in [5.41, 5.74) is 1.81. The number of fused-ring (bicyclic) bond motifs is 1. The lowest BCUT2D eigenvalue weighted by atomic mass is 10.0. The topological polar surface area (TPSA) is 45.5 Å². The molecule has 0 radical (unpaired) electrons. The summed E-state index contributed by atoms with van der Waals surface area (Å²) in [4.78, 5) is 15.1. The molecule has 1 aromatic carbocycles. The second-order valence-corrected chi connectivity index (χ2v) is 8.71. The van der Waals surface area contributed by atoms with Crippen LogP contribution in [0.3, 0.4) is 0 Å². The Bertz CT molecular complexity index is 880. The number of nitrogens with one attached hydrogen (secondary N) is 1. The number of rotatable bonds is 5. The second-order valence-electron chi connectivity index (χ2n) is 6.48. The van der Waals surface area contributed by atoms with Crippen molar-refractivity contribution < 1.29 is 9.21 Å². The Morgan fingerprint density at radius 1 is 1.27 bits per heavy atom. The van der Waals surface area contributed by atoms with Crippen LogP contribution in [0, 0.1) is 0 Å². The van der Waals surface area contributed by atoms with E-state index in [9.17, 15) is 4.79 Å². The maximum atomic E-state index is 13.2. The van der Waals surface area contributed by atoms with E-state index in [0.29, 0.717) is 11.8 Å². The Hall–Kier alpha value is -1.76. The van der Waals surface area contributed by atoms with Gasteiger partial charge in [-0.05, 0) is 37.4 Å². The number of furan rings is 1. The van der Waals surface area contributed by atoms with Gasteiger partial charge >= 0.3 is 0 Å². The summed E-state index contributed by atoms with van der Waals surface area (Å²) >= 11 is 3.48. The highest BCUT2D eigenvalue weighted by Gasteiger charge is 2.28. The molecule has 1 N–H and O–H groups in total. The summed E-state index contributed by atoms with van der Waals surface area (Å²) < 4.78 is 7.27. The molecule has 1 aliphatic heterocycles. The van der Waals surface area contributed by atoms with Gasteiger partial charge in [0.2, 0.25) is 0 Å². The molecule has 6 heteroatoms. The Morgan fingerprint density at radius 2 is 2.08 bits per heavy atom. The zero-order valence-corrected chi connectivity index (χ0v) is 16.4. The van der Waals surface area contributed by atoms with E-state index in [1.54, 1.807) is 23.1 Å². The summed E-state index contributed by atoms with van der Waals surface area (Å²) in [5, 5.41) is 6.43. The van der Waals surface area contributed by atoms with Crippen LogP contribution in [-0.2, 0) is 5.75 Å². The average Bonchev–Trinajstić information content (AvgIpc) is 3.33. The van der Waals surface area contributed by atoms with Crippen LogP contribution >= 0.6 is 23.1 Å².